The Labute approximate surface area is 122 Å². The second kappa shape index (κ2) is 6.85. The largest absolute Gasteiger partial charge is 0.393 e. The van der Waals surface area contributed by atoms with Crippen molar-refractivity contribution in [3.63, 3.8) is 0 Å². The van der Waals surface area contributed by atoms with Gasteiger partial charge in [0.05, 0.1) is 11.8 Å². The Morgan fingerprint density at radius 3 is 2.85 bits per heavy atom. The van der Waals surface area contributed by atoms with Gasteiger partial charge in [0, 0.05) is 24.9 Å². The maximum atomic E-state index is 12.0. The molecule has 0 radical (unpaired) electrons. The number of thiophene rings is 1. The molecule has 0 aliphatic heterocycles. The van der Waals surface area contributed by atoms with E-state index in [9.17, 15) is 14.7 Å². The van der Waals surface area contributed by atoms with Crippen molar-refractivity contribution in [3.05, 3.63) is 16.8 Å². The quantitative estimate of drug-likeness (QED) is 0.834. The summed E-state index contributed by atoms with van der Waals surface area (Å²) in [5, 5.41) is 16.1. The molecule has 0 aromatic carbocycles. The van der Waals surface area contributed by atoms with E-state index in [1.54, 1.807) is 18.5 Å². The van der Waals surface area contributed by atoms with E-state index in [2.05, 4.69) is 5.32 Å². The van der Waals surface area contributed by atoms with Gasteiger partial charge in [0.2, 0.25) is 0 Å². The first-order valence-corrected chi connectivity index (χ1v) is 7.79. The third-order valence-corrected chi connectivity index (χ3v) is 4.38. The van der Waals surface area contributed by atoms with Crippen molar-refractivity contribution in [3.8, 4) is 0 Å². The minimum Gasteiger partial charge on any atom is -0.393 e. The molecule has 1 aromatic rings. The molecule has 0 saturated heterocycles. The summed E-state index contributed by atoms with van der Waals surface area (Å²) in [6, 6.07) is 1.75. The zero-order valence-electron chi connectivity index (χ0n) is 11.5. The standard InChI is InChI=1S/C14H20N2O3S/c1-16(8-10-4-2-3-5-12(10)17)14(19)13(18)15-11-6-7-20-9-11/h6-7,9-10,12,17H,2-5,8H2,1H3,(H,15,18). The molecular weight excluding hydrogens is 276 g/mol. The van der Waals surface area contributed by atoms with Crippen LogP contribution in [0.15, 0.2) is 16.8 Å². The van der Waals surface area contributed by atoms with E-state index in [0.29, 0.717) is 12.2 Å². The Kier molecular flexibility index (Phi) is 5.14. The number of nitrogens with zero attached hydrogens (tertiary/aromatic N) is 1. The second-order valence-corrected chi connectivity index (χ2v) is 6.04. The van der Waals surface area contributed by atoms with Crippen molar-refractivity contribution in [1.29, 1.82) is 0 Å². The Morgan fingerprint density at radius 2 is 2.20 bits per heavy atom. The molecule has 20 heavy (non-hydrogen) atoms. The van der Waals surface area contributed by atoms with Crippen LogP contribution in [0, 0.1) is 5.92 Å². The lowest BCUT2D eigenvalue weighted by molar-refractivity contribution is -0.143. The molecular formula is C14H20N2O3S. The molecule has 1 heterocycles. The predicted octanol–water partition coefficient (Wildman–Crippen LogP) is 1.70. The van der Waals surface area contributed by atoms with Crippen LogP contribution in [0.25, 0.3) is 0 Å². The van der Waals surface area contributed by atoms with E-state index < -0.39 is 11.8 Å². The summed E-state index contributed by atoms with van der Waals surface area (Å²) in [6.45, 7) is 0.428. The van der Waals surface area contributed by atoms with Gasteiger partial charge in [-0.15, -0.1) is 0 Å². The van der Waals surface area contributed by atoms with E-state index in [1.807, 2.05) is 5.38 Å². The lowest BCUT2D eigenvalue weighted by Crippen LogP contribution is -2.42. The summed E-state index contributed by atoms with van der Waals surface area (Å²) >= 11 is 1.46. The Morgan fingerprint density at radius 1 is 1.45 bits per heavy atom. The van der Waals surface area contributed by atoms with Crippen molar-refractivity contribution in [2.45, 2.75) is 31.8 Å². The summed E-state index contributed by atoms with van der Waals surface area (Å²) in [7, 11) is 1.61. The molecule has 1 aliphatic rings. The van der Waals surface area contributed by atoms with Gasteiger partial charge < -0.3 is 15.3 Å². The number of aliphatic hydroxyl groups excluding tert-OH is 1. The average molecular weight is 296 g/mol. The van der Waals surface area contributed by atoms with Crippen LogP contribution in [0.2, 0.25) is 0 Å². The first-order valence-electron chi connectivity index (χ1n) is 6.84. The van der Waals surface area contributed by atoms with E-state index >= 15 is 0 Å². The maximum Gasteiger partial charge on any atom is 0.313 e. The van der Waals surface area contributed by atoms with Crippen molar-refractivity contribution in [2.24, 2.45) is 5.92 Å². The summed E-state index contributed by atoms with van der Waals surface area (Å²) in [6.07, 6.45) is 3.44. The monoisotopic (exact) mass is 296 g/mol. The number of hydrogen-bond acceptors (Lipinski definition) is 4. The highest BCUT2D eigenvalue weighted by Gasteiger charge is 2.27. The van der Waals surface area contributed by atoms with Gasteiger partial charge >= 0.3 is 11.8 Å². The number of carbonyl (C=O) groups excluding carboxylic acids is 2. The minimum atomic E-state index is -0.629. The second-order valence-electron chi connectivity index (χ2n) is 5.26. The van der Waals surface area contributed by atoms with Gasteiger partial charge in [-0.1, -0.05) is 12.8 Å². The fourth-order valence-electron chi connectivity index (χ4n) is 2.53. The number of anilines is 1. The van der Waals surface area contributed by atoms with Crippen molar-refractivity contribution >= 4 is 28.8 Å². The van der Waals surface area contributed by atoms with E-state index in [-0.39, 0.29) is 12.0 Å². The molecule has 2 atom stereocenters. The van der Waals surface area contributed by atoms with Crippen LogP contribution in [0.3, 0.4) is 0 Å². The van der Waals surface area contributed by atoms with Gasteiger partial charge in [0.1, 0.15) is 0 Å². The molecule has 6 heteroatoms. The molecule has 0 spiro atoms. The van der Waals surface area contributed by atoms with Gasteiger partial charge in [-0.05, 0) is 24.3 Å². The van der Waals surface area contributed by atoms with Crippen molar-refractivity contribution in [2.75, 3.05) is 18.9 Å². The maximum absolute atomic E-state index is 12.0. The lowest BCUT2D eigenvalue weighted by Gasteiger charge is -2.30. The van der Waals surface area contributed by atoms with Crippen LogP contribution in [-0.2, 0) is 9.59 Å². The fraction of sp³-hybridized carbons (Fsp3) is 0.571. The van der Waals surface area contributed by atoms with Crippen molar-refractivity contribution < 1.29 is 14.7 Å². The smallest absolute Gasteiger partial charge is 0.313 e. The molecule has 1 aromatic heterocycles. The van der Waals surface area contributed by atoms with Gasteiger partial charge in [0.15, 0.2) is 0 Å². The summed E-state index contributed by atoms with van der Waals surface area (Å²) in [4.78, 5) is 25.2. The Hall–Kier alpha value is -1.40. The number of carbonyl (C=O) groups is 2. The number of rotatable bonds is 3. The minimum absolute atomic E-state index is 0.0756. The van der Waals surface area contributed by atoms with Crippen LogP contribution in [-0.4, -0.2) is 41.5 Å². The van der Waals surface area contributed by atoms with Gasteiger partial charge in [0.25, 0.3) is 0 Å². The first-order chi connectivity index (χ1) is 9.58. The highest BCUT2D eigenvalue weighted by Crippen LogP contribution is 2.24. The van der Waals surface area contributed by atoms with Gasteiger partial charge in [-0.25, -0.2) is 0 Å². The molecule has 2 unspecified atom stereocenters. The van der Waals surface area contributed by atoms with Crippen LogP contribution in [0.1, 0.15) is 25.7 Å². The lowest BCUT2D eigenvalue weighted by atomic mass is 9.86. The van der Waals surface area contributed by atoms with E-state index in [1.165, 1.54) is 16.2 Å². The van der Waals surface area contributed by atoms with Gasteiger partial charge in [-0.3, -0.25) is 9.59 Å². The van der Waals surface area contributed by atoms with E-state index in [0.717, 1.165) is 25.7 Å². The average Bonchev–Trinajstić information content (AvgIpc) is 2.93. The molecule has 2 rings (SSSR count). The van der Waals surface area contributed by atoms with Crippen molar-refractivity contribution in [1.82, 2.24) is 4.90 Å². The molecule has 110 valence electrons. The number of nitrogens with one attached hydrogen (secondary N) is 1. The number of amides is 2. The molecule has 1 fully saturated rings. The molecule has 1 saturated carbocycles. The predicted molar refractivity (Wildman–Crippen MR) is 78.6 cm³/mol. The van der Waals surface area contributed by atoms with Crippen LogP contribution in [0.5, 0.6) is 0 Å². The first kappa shape index (κ1) is 15.0. The molecule has 0 bridgehead atoms. The zero-order chi connectivity index (χ0) is 14.5. The summed E-state index contributed by atoms with van der Waals surface area (Å²) in [5.74, 6) is -1.11. The molecule has 2 N–H and O–H groups in total. The number of aliphatic hydroxyl groups is 1. The third-order valence-electron chi connectivity index (χ3n) is 3.70. The highest BCUT2D eigenvalue weighted by atomic mass is 32.1. The third kappa shape index (κ3) is 3.80. The molecule has 5 nitrogen and oxygen atoms in total. The van der Waals surface area contributed by atoms with Crippen LogP contribution in [0.4, 0.5) is 5.69 Å². The zero-order valence-corrected chi connectivity index (χ0v) is 12.4. The fourth-order valence-corrected chi connectivity index (χ4v) is 3.12. The SMILES string of the molecule is CN(CC1CCCCC1O)C(=O)C(=O)Nc1ccsc1. The molecule has 1 aliphatic carbocycles. The highest BCUT2D eigenvalue weighted by molar-refractivity contribution is 7.08. The van der Waals surface area contributed by atoms with Gasteiger partial charge in [-0.2, -0.15) is 11.3 Å². The Balaban J connectivity index is 1.86. The molecule has 2 amide bonds. The summed E-state index contributed by atoms with van der Waals surface area (Å²) < 4.78 is 0. The normalized spacial score (nSPS) is 22.3. The Bertz CT molecular complexity index is 461. The topological polar surface area (TPSA) is 69.6 Å². The number of likely N-dealkylation sites (N-methyl/N-ethyl adjacent to an activating group) is 1. The van der Waals surface area contributed by atoms with E-state index in [4.69, 9.17) is 0 Å². The number of hydrogen-bond donors (Lipinski definition) is 2. The van der Waals surface area contributed by atoms with Crippen LogP contribution < -0.4 is 5.32 Å². The summed E-state index contributed by atoms with van der Waals surface area (Å²) in [5.41, 5.74) is 0.638. The van der Waals surface area contributed by atoms with Crippen LogP contribution >= 0.6 is 11.3 Å².